The topological polar surface area (TPSA) is 118 Å². The molecule has 3 rings (SSSR count). The van der Waals surface area contributed by atoms with Crippen LogP contribution in [0.3, 0.4) is 0 Å². The largest absolute Gasteiger partial charge is 0.345 e. The third kappa shape index (κ3) is 3.20. The molecule has 0 radical (unpaired) electrons. The first-order valence-electron chi connectivity index (χ1n) is 6.62. The number of benzene rings is 2. The Kier molecular flexibility index (Phi) is 3.80. The number of imidazole rings is 1. The average Bonchev–Trinajstić information content (AvgIpc) is 3.01. The maximum absolute atomic E-state index is 12.2. The van der Waals surface area contributed by atoms with Gasteiger partial charge in [0.25, 0.3) is 5.69 Å². The highest BCUT2D eigenvalue weighted by Gasteiger charge is 2.17. The van der Waals surface area contributed by atoms with Gasteiger partial charge in [-0.3, -0.25) is 10.1 Å². The van der Waals surface area contributed by atoms with Gasteiger partial charge >= 0.3 is 0 Å². The number of nitrogens with one attached hydrogen (secondary N) is 2. The second kappa shape index (κ2) is 5.78. The van der Waals surface area contributed by atoms with Crippen LogP contribution in [-0.2, 0) is 16.6 Å². The molecule has 0 aliphatic carbocycles. The van der Waals surface area contributed by atoms with Crippen LogP contribution in [0.25, 0.3) is 11.0 Å². The predicted octanol–water partition coefficient (Wildman–Crippen LogP) is 1.95. The Hall–Kier alpha value is -2.78. The van der Waals surface area contributed by atoms with Crippen molar-refractivity contribution in [2.75, 3.05) is 0 Å². The number of nitro benzene ring substituents is 1. The highest BCUT2D eigenvalue weighted by atomic mass is 32.2. The quantitative estimate of drug-likeness (QED) is 0.547. The smallest absolute Gasteiger partial charge is 0.270 e. The van der Waals surface area contributed by atoms with E-state index in [0.29, 0.717) is 0 Å². The van der Waals surface area contributed by atoms with Crippen molar-refractivity contribution in [1.29, 1.82) is 0 Å². The van der Waals surface area contributed by atoms with E-state index in [1.54, 1.807) is 24.5 Å². The van der Waals surface area contributed by atoms with Crippen molar-refractivity contribution >= 4 is 26.7 Å². The standard InChI is InChI=1S/C14H12N4O4S/c19-18(20)11-2-1-3-12(7-11)23(21,22)17-8-10-4-5-13-14(6-10)16-9-15-13/h1-7,9,17H,8H2,(H,15,16). The van der Waals surface area contributed by atoms with Crippen LogP contribution >= 0.6 is 0 Å². The van der Waals surface area contributed by atoms with Gasteiger partial charge < -0.3 is 4.98 Å². The van der Waals surface area contributed by atoms with Crippen molar-refractivity contribution in [2.45, 2.75) is 11.4 Å². The van der Waals surface area contributed by atoms with Crippen LogP contribution in [0.5, 0.6) is 0 Å². The van der Waals surface area contributed by atoms with Crippen molar-refractivity contribution < 1.29 is 13.3 Å². The molecule has 0 spiro atoms. The minimum absolute atomic E-state index is 0.0694. The summed E-state index contributed by atoms with van der Waals surface area (Å²) in [6.45, 7) is 0.0694. The molecule has 0 amide bonds. The van der Waals surface area contributed by atoms with Crippen molar-refractivity contribution in [3.8, 4) is 0 Å². The van der Waals surface area contributed by atoms with Gasteiger partial charge in [0.15, 0.2) is 0 Å². The lowest BCUT2D eigenvalue weighted by molar-refractivity contribution is -0.385. The van der Waals surface area contributed by atoms with Crippen LogP contribution in [0.1, 0.15) is 5.56 Å². The van der Waals surface area contributed by atoms with Crippen LogP contribution in [0.2, 0.25) is 0 Å². The van der Waals surface area contributed by atoms with Crippen LogP contribution < -0.4 is 4.72 Å². The van der Waals surface area contributed by atoms with Gasteiger partial charge in [0.1, 0.15) is 0 Å². The van der Waals surface area contributed by atoms with Gasteiger partial charge in [0.05, 0.1) is 27.2 Å². The number of rotatable bonds is 5. The number of aromatic amines is 1. The molecule has 1 heterocycles. The Morgan fingerprint density at radius 1 is 1.22 bits per heavy atom. The Bertz CT molecular complexity index is 981. The number of hydrogen-bond donors (Lipinski definition) is 2. The second-order valence-corrected chi connectivity index (χ2v) is 6.60. The van der Waals surface area contributed by atoms with Gasteiger partial charge in [-0.2, -0.15) is 0 Å². The summed E-state index contributed by atoms with van der Waals surface area (Å²) in [6.07, 6.45) is 1.56. The molecule has 8 nitrogen and oxygen atoms in total. The highest BCUT2D eigenvalue weighted by Crippen LogP contribution is 2.18. The van der Waals surface area contributed by atoms with E-state index in [9.17, 15) is 18.5 Å². The van der Waals surface area contributed by atoms with Gasteiger partial charge in [-0.1, -0.05) is 12.1 Å². The summed E-state index contributed by atoms with van der Waals surface area (Å²) in [4.78, 5) is 17.0. The van der Waals surface area contributed by atoms with Gasteiger partial charge in [-0.15, -0.1) is 0 Å². The Labute approximate surface area is 131 Å². The fourth-order valence-electron chi connectivity index (χ4n) is 2.12. The fourth-order valence-corrected chi connectivity index (χ4v) is 3.18. The number of hydrogen-bond acceptors (Lipinski definition) is 5. The minimum Gasteiger partial charge on any atom is -0.345 e. The molecule has 2 aromatic carbocycles. The maximum Gasteiger partial charge on any atom is 0.270 e. The molecule has 0 aliphatic heterocycles. The van der Waals surface area contributed by atoms with Gasteiger partial charge in [-0.05, 0) is 23.8 Å². The molecule has 0 bridgehead atoms. The average molecular weight is 332 g/mol. The summed E-state index contributed by atoms with van der Waals surface area (Å²) in [5.74, 6) is 0. The maximum atomic E-state index is 12.2. The summed E-state index contributed by atoms with van der Waals surface area (Å²) in [5.41, 5.74) is 2.06. The van der Waals surface area contributed by atoms with Crippen molar-refractivity contribution in [3.05, 3.63) is 64.5 Å². The Balaban J connectivity index is 1.80. The van der Waals surface area contributed by atoms with E-state index < -0.39 is 14.9 Å². The number of aromatic nitrogens is 2. The molecule has 0 atom stereocenters. The molecule has 2 N–H and O–H groups in total. The zero-order chi connectivity index (χ0) is 16.4. The lowest BCUT2D eigenvalue weighted by atomic mass is 10.2. The molecule has 23 heavy (non-hydrogen) atoms. The molecule has 0 unspecified atom stereocenters. The lowest BCUT2D eigenvalue weighted by Gasteiger charge is -2.07. The first-order valence-corrected chi connectivity index (χ1v) is 8.10. The van der Waals surface area contributed by atoms with Crippen LogP contribution in [0.4, 0.5) is 5.69 Å². The first-order chi connectivity index (χ1) is 11.0. The lowest BCUT2D eigenvalue weighted by Crippen LogP contribution is -2.23. The first kappa shape index (κ1) is 15.1. The van der Waals surface area contributed by atoms with Crippen molar-refractivity contribution in [3.63, 3.8) is 0 Å². The van der Waals surface area contributed by atoms with Crippen molar-refractivity contribution in [1.82, 2.24) is 14.7 Å². The Morgan fingerprint density at radius 2 is 2.04 bits per heavy atom. The van der Waals surface area contributed by atoms with E-state index in [1.807, 2.05) is 0 Å². The normalized spacial score (nSPS) is 11.7. The second-order valence-electron chi connectivity index (χ2n) is 4.83. The van der Waals surface area contributed by atoms with Crippen LogP contribution in [-0.4, -0.2) is 23.3 Å². The SMILES string of the molecule is O=[N+]([O-])c1cccc(S(=O)(=O)NCc2ccc3nc[nH]c3c2)c1. The summed E-state index contributed by atoms with van der Waals surface area (Å²) in [7, 11) is -3.83. The summed E-state index contributed by atoms with van der Waals surface area (Å²) >= 11 is 0. The van der Waals surface area contributed by atoms with Crippen LogP contribution in [0.15, 0.2) is 53.7 Å². The molecule has 0 aliphatic rings. The summed E-state index contributed by atoms with van der Waals surface area (Å²) in [6, 6.07) is 10.3. The summed E-state index contributed by atoms with van der Waals surface area (Å²) in [5, 5.41) is 10.7. The summed E-state index contributed by atoms with van der Waals surface area (Å²) < 4.78 is 26.9. The van der Waals surface area contributed by atoms with E-state index in [0.717, 1.165) is 22.7 Å². The number of non-ortho nitro benzene ring substituents is 1. The number of H-pyrrole nitrogens is 1. The molecule has 3 aromatic rings. The van der Waals surface area contributed by atoms with E-state index in [4.69, 9.17) is 0 Å². The molecule has 0 saturated carbocycles. The van der Waals surface area contributed by atoms with Crippen LogP contribution in [0, 0.1) is 10.1 Å². The third-order valence-electron chi connectivity index (χ3n) is 3.29. The highest BCUT2D eigenvalue weighted by molar-refractivity contribution is 7.89. The number of nitro groups is 1. The van der Waals surface area contributed by atoms with Crippen molar-refractivity contribution in [2.24, 2.45) is 0 Å². The molecule has 118 valence electrons. The molecular formula is C14H12N4O4S. The van der Waals surface area contributed by atoms with E-state index in [1.165, 1.54) is 18.2 Å². The molecular weight excluding hydrogens is 320 g/mol. The molecule has 0 saturated heterocycles. The zero-order valence-electron chi connectivity index (χ0n) is 11.8. The van der Waals surface area contributed by atoms with Gasteiger partial charge in [0.2, 0.25) is 10.0 Å². The fraction of sp³-hybridized carbons (Fsp3) is 0.0714. The molecule has 0 fully saturated rings. The van der Waals surface area contributed by atoms with Gasteiger partial charge in [-0.25, -0.2) is 18.1 Å². The predicted molar refractivity (Wildman–Crippen MR) is 83.2 cm³/mol. The molecule has 1 aromatic heterocycles. The minimum atomic E-state index is -3.83. The number of nitrogens with zero attached hydrogens (tertiary/aromatic N) is 2. The van der Waals surface area contributed by atoms with E-state index in [2.05, 4.69) is 14.7 Å². The molecule has 9 heteroatoms. The van der Waals surface area contributed by atoms with Gasteiger partial charge in [0, 0.05) is 18.7 Å². The third-order valence-corrected chi connectivity index (χ3v) is 4.69. The van der Waals surface area contributed by atoms with E-state index >= 15 is 0 Å². The van der Waals surface area contributed by atoms with E-state index in [-0.39, 0.29) is 17.1 Å². The Morgan fingerprint density at radius 3 is 2.83 bits per heavy atom. The number of sulfonamides is 1. The zero-order valence-corrected chi connectivity index (χ0v) is 12.6. The monoisotopic (exact) mass is 332 g/mol. The number of fused-ring (bicyclic) bond motifs is 1.